The minimum atomic E-state index is -1.25. The van der Waals surface area contributed by atoms with Crippen LogP contribution in [-0.2, 0) is 4.79 Å². The second kappa shape index (κ2) is 43.4. The molecule has 0 aliphatic carbocycles. The highest BCUT2D eigenvalue weighted by molar-refractivity contribution is 5.80. The largest absolute Gasteiger partial charge is 0.394 e. The number of unbranched alkanes of at least 4 members (excludes halogenated alkanes) is 36. The summed E-state index contributed by atoms with van der Waals surface area (Å²) < 4.78 is 0. The fraction of sp³-hybridized carbons (Fsp3) is 0.979. The zero-order valence-electron chi connectivity index (χ0n) is 36.5. The lowest BCUT2D eigenvalue weighted by atomic mass is 9.99. The van der Waals surface area contributed by atoms with Gasteiger partial charge in [0.1, 0.15) is 12.2 Å². The van der Waals surface area contributed by atoms with Gasteiger partial charge in [-0.15, -0.1) is 0 Å². The van der Waals surface area contributed by atoms with Crippen molar-refractivity contribution in [3.05, 3.63) is 0 Å². The maximum Gasteiger partial charge on any atom is 0.249 e. The smallest absolute Gasteiger partial charge is 0.249 e. The molecule has 0 spiro atoms. The first-order chi connectivity index (χ1) is 26.5. The van der Waals surface area contributed by atoms with E-state index in [1.807, 2.05) is 0 Å². The highest BCUT2D eigenvalue weighted by Gasteiger charge is 2.28. The standard InChI is InChI=1S/C48H97NO5/c1-3-5-7-9-11-13-15-17-18-19-20-21-22-23-24-25-26-27-28-29-30-32-34-36-38-40-42-46(52)48(54)49-44(43-50)47(53)45(51)41-39-37-35-33-31-16-14-12-10-8-6-4-2/h44-47,50-53H,3-43H2,1-2H3,(H,49,54)/t44-,45+,46-,47-/m0/s1. The van der Waals surface area contributed by atoms with E-state index in [0.717, 1.165) is 38.5 Å². The quantitative estimate of drug-likeness (QED) is 0.0396. The average molecular weight is 768 g/mol. The van der Waals surface area contributed by atoms with Crippen LogP contribution in [0.5, 0.6) is 0 Å². The van der Waals surface area contributed by atoms with E-state index in [4.69, 9.17) is 0 Å². The molecule has 0 saturated carbocycles. The van der Waals surface area contributed by atoms with Crippen LogP contribution in [0.3, 0.4) is 0 Å². The Balaban J connectivity index is 3.58. The molecule has 324 valence electrons. The van der Waals surface area contributed by atoms with E-state index in [0.29, 0.717) is 12.8 Å². The van der Waals surface area contributed by atoms with Crippen LogP contribution in [0.15, 0.2) is 0 Å². The molecule has 4 atom stereocenters. The van der Waals surface area contributed by atoms with Gasteiger partial charge in [-0.2, -0.15) is 0 Å². The summed E-state index contributed by atoms with van der Waals surface area (Å²) in [6, 6.07) is -0.978. The van der Waals surface area contributed by atoms with Crippen LogP contribution in [0.2, 0.25) is 0 Å². The molecule has 0 unspecified atom stereocenters. The van der Waals surface area contributed by atoms with E-state index in [9.17, 15) is 25.2 Å². The molecule has 5 N–H and O–H groups in total. The fourth-order valence-corrected chi connectivity index (χ4v) is 7.94. The number of amides is 1. The van der Waals surface area contributed by atoms with Crippen molar-refractivity contribution in [2.75, 3.05) is 6.61 Å². The minimum Gasteiger partial charge on any atom is -0.394 e. The van der Waals surface area contributed by atoms with Crippen LogP contribution < -0.4 is 5.32 Å². The molecule has 0 fully saturated rings. The molecule has 0 rings (SSSR count). The molecular formula is C48H97NO5. The molecule has 0 aliphatic heterocycles. The third kappa shape index (κ3) is 36.9. The summed E-state index contributed by atoms with van der Waals surface area (Å²) in [7, 11) is 0. The van der Waals surface area contributed by atoms with Crippen molar-refractivity contribution < 1.29 is 25.2 Å². The summed E-state index contributed by atoms with van der Waals surface area (Å²) >= 11 is 0. The molecule has 0 aliphatic rings. The Bertz CT molecular complexity index is 736. The number of aliphatic hydroxyl groups is 4. The Hall–Kier alpha value is -0.690. The Kier molecular flexibility index (Phi) is 42.9. The van der Waals surface area contributed by atoms with E-state index in [2.05, 4.69) is 19.2 Å². The highest BCUT2D eigenvalue weighted by Crippen LogP contribution is 2.18. The minimum absolute atomic E-state index is 0.376. The second-order valence-electron chi connectivity index (χ2n) is 17.2. The number of aliphatic hydroxyl groups excluding tert-OH is 4. The molecule has 0 saturated heterocycles. The topological polar surface area (TPSA) is 110 Å². The average Bonchev–Trinajstić information content (AvgIpc) is 3.18. The third-order valence-corrected chi connectivity index (χ3v) is 11.8. The summed E-state index contributed by atoms with van der Waals surface area (Å²) in [5.74, 6) is -0.578. The Morgan fingerprint density at radius 1 is 0.389 bits per heavy atom. The molecule has 0 aromatic carbocycles. The van der Waals surface area contributed by atoms with Gasteiger partial charge in [-0.25, -0.2) is 0 Å². The predicted molar refractivity (Wildman–Crippen MR) is 233 cm³/mol. The van der Waals surface area contributed by atoms with Crippen molar-refractivity contribution in [1.29, 1.82) is 0 Å². The number of hydrogen-bond donors (Lipinski definition) is 5. The number of hydrogen-bond acceptors (Lipinski definition) is 5. The molecule has 6 nitrogen and oxygen atoms in total. The monoisotopic (exact) mass is 768 g/mol. The van der Waals surface area contributed by atoms with Gasteiger partial charge in [0.05, 0.1) is 18.8 Å². The molecule has 54 heavy (non-hydrogen) atoms. The summed E-state index contributed by atoms with van der Waals surface area (Å²) in [4.78, 5) is 12.5. The van der Waals surface area contributed by atoms with Gasteiger partial charge >= 0.3 is 0 Å². The molecule has 1 amide bonds. The first-order valence-electron chi connectivity index (χ1n) is 24.4. The lowest BCUT2D eigenvalue weighted by Crippen LogP contribution is -2.53. The lowest BCUT2D eigenvalue weighted by molar-refractivity contribution is -0.132. The van der Waals surface area contributed by atoms with E-state index in [1.165, 1.54) is 205 Å². The van der Waals surface area contributed by atoms with Crippen molar-refractivity contribution >= 4 is 5.91 Å². The molecule has 0 radical (unpaired) electrons. The van der Waals surface area contributed by atoms with Crippen molar-refractivity contribution in [2.45, 2.75) is 295 Å². The van der Waals surface area contributed by atoms with E-state index in [-0.39, 0.29) is 0 Å². The van der Waals surface area contributed by atoms with Crippen LogP contribution in [0.4, 0.5) is 0 Å². The third-order valence-electron chi connectivity index (χ3n) is 11.8. The summed E-state index contributed by atoms with van der Waals surface area (Å²) in [5, 5.41) is 43.7. The Morgan fingerprint density at radius 3 is 0.889 bits per heavy atom. The van der Waals surface area contributed by atoms with Gasteiger partial charge < -0.3 is 25.7 Å². The molecular weight excluding hydrogens is 671 g/mol. The zero-order chi connectivity index (χ0) is 39.6. The molecule has 0 bridgehead atoms. The number of rotatable bonds is 45. The van der Waals surface area contributed by atoms with Crippen LogP contribution in [0, 0.1) is 0 Å². The number of carbonyl (C=O) groups is 1. The zero-order valence-corrected chi connectivity index (χ0v) is 36.5. The van der Waals surface area contributed by atoms with Gasteiger partial charge in [0.15, 0.2) is 0 Å². The van der Waals surface area contributed by atoms with Crippen molar-refractivity contribution in [1.82, 2.24) is 5.32 Å². The summed E-state index contributed by atoms with van der Waals surface area (Å²) in [5.41, 5.74) is 0. The normalized spacial score (nSPS) is 14.0. The lowest BCUT2D eigenvalue weighted by Gasteiger charge is -2.27. The van der Waals surface area contributed by atoms with E-state index >= 15 is 0 Å². The van der Waals surface area contributed by atoms with E-state index < -0.39 is 36.9 Å². The molecule has 0 aromatic heterocycles. The first-order valence-corrected chi connectivity index (χ1v) is 24.4. The van der Waals surface area contributed by atoms with Gasteiger partial charge in [0.25, 0.3) is 0 Å². The molecule has 6 heteroatoms. The summed E-state index contributed by atoms with van der Waals surface area (Å²) in [6.45, 7) is 4.06. The van der Waals surface area contributed by atoms with Gasteiger partial charge in [-0.05, 0) is 12.8 Å². The molecule has 0 aromatic rings. The van der Waals surface area contributed by atoms with Crippen LogP contribution in [-0.4, -0.2) is 57.3 Å². The number of carbonyl (C=O) groups excluding carboxylic acids is 1. The van der Waals surface area contributed by atoms with Crippen molar-refractivity contribution in [3.63, 3.8) is 0 Å². The first kappa shape index (κ1) is 53.3. The van der Waals surface area contributed by atoms with Gasteiger partial charge in [0.2, 0.25) is 5.91 Å². The van der Waals surface area contributed by atoms with Gasteiger partial charge in [0, 0.05) is 0 Å². The van der Waals surface area contributed by atoms with Crippen molar-refractivity contribution in [3.8, 4) is 0 Å². The second-order valence-corrected chi connectivity index (χ2v) is 17.2. The van der Waals surface area contributed by atoms with E-state index in [1.54, 1.807) is 0 Å². The number of nitrogens with one attached hydrogen (secondary N) is 1. The summed E-state index contributed by atoms with van der Waals surface area (Å²) in [6.07, 6.45) is 47.3. The Labute approximate surface area is 337 Å². The van der Waals surface area contributed by atoms with Crippen LogP contribution >= 0.6 is 0 Å². The fourth-order valence-electron chi connectivity index (χ4n) is 7.94. The van der Waals surface area contributed by atoms with Crippen molar-refractivity contribution in [2.24, 2.45) is 0 Å². The SMILES string of the molecule is CCCCCCCCCCCCCCCCCCCCCCCCCCCC[C@H](O)C(=O)N[C@@H](CO)[C@H](O)[C@H](O)CCCCCCCCCCCCCC. The van der Waals surface area contributed by atoms with Crippen LogP contribution in [0.25, 0.3) is 0 Å². The predicted octanol–water partition coefficient (Wildman–Crippen LogP) is 13.2. The maximum absolute atomic E-state index is 12.5. The molecule has 0 heterocycles. The Morgan fingerprint density at radius 2 is 0.630 bits per heavy atom. The maximum atomic E-state index is 12.5. The van der Waals surface area contributed by atoms with Gasteiger partial charge in [-0.3, -0.25) is 4.79 Å². The van der Waals surface area contributed by atoms with Gasteiger partial charge in [-0.1, -0.05) is 258 Å². The van der Waals surface area contributed by atoms with Crippen LogP contribution in [0.1, 0.15) is 271 Å². The highest BCUT2D eigenvalue weighted by atomic mass is 16.3.